The van der Waals surface area contributed by atoms with Crippen molar-refractivity contribution in [2.75, 3.05) is 24.6 Å². The van der Waals surface area contributed by atoms with E-state index in [-0.39, 0.29) is 12.5 Å². The Balaban J connectivity index is 2.44. The van der Waals surface area contributed by atoms with Gasteiger partial charge in [0.1, 0.15) is 0 Å². The molecule has 0 aliphatic carbocycles. The molecule has 16 heavy (non-hydrogen) atoms. The van der Waals surface area contributed by atoms with Crippen molar-refractivity contribution in [2.24, 2.45) is 5.41 Å². The topological polar surface area (TPSA) is 40.5 Å². The Morgan fingerprint density at radius 1 is 1.50 bits per heavy atom. The first kappa shape index (κ1) is 13.8. The molecule has 1 aliphatic heterocycles. The third-order valence-corrected chi connectivity index (χ3v) is 4.00. The monoisotopic (exact) mass is 245 g/mol. The Bertz CT molecular complexity index is 238. The quantitative estimate of drug-likeness (QED) is 0.825. The molecule has 0 aromatic carbocycles. The van der Waals surface area contributed by atoms with E-state index in [9.17, 15) is 4.79 Å². The number of hydrogen-bond donors (Lipinski definition) is 1. The zero-order valence-electron chi connectivity index (χ0n) is 10.5. The number of carboxylic acids is 1. The van der Waals surface area contributed by atoms with E-state index in [0.29, 0.717) is 5.41 Å². The highest BCUT2D eigenvalue weighted by atomic mass is 32.2. The van der Waals surface area contributed by atoms with Crippen LogP contribution in [-0.2, 0) is 4.79 Å². The molecule has 1 unspecified atom stereocenters. The lowest BCUT2D eigenvalue weighted by Gasteiger charge is -2.36. The predicted molar refractivity (Wildman–Crippen MR) is 69.0 cm³/mol. The van der Waals surface area contributed by atoms with Crippen LogP contribution in [0.5, 0.6) is 0 Å². The highest BCUT2D eigenvalue weighted by molar-refractivity contribution is 7.99. The van der Waals surface area contributed by atoms with Crippen LogP contribution in [0.4, 0.5) is 0 Å². The van der Waals surface area contributed by atoms with Gasteiger partial charge in [-0.15, -0.1) is 0 Å². The summed E-state index contributed by atoms with van der Waals surface area (Å²) in [4.78, 5) is 13.1. The summed E-state index contributed by atoms with van der Waals surface area (Å²) in [5.74, 6) is 1.43. The maximum Gasteiger partial charge on any atom is 0.304 e. The van der Waals surface area contributed by atoms with Crippen molar-refractivity contribution < 1.29 is 9.90 Å². The largest absolute Gasteiger partial charge is 0.481 e. The molecule has 0 amide bonds. The summed E-state index contributed by atoms with van der Waals surface area (Å²) >= 11 is 1.88. The van der Waals surface area contributed by atoms with Gasteiger partial charge in [-0.3, -0.25) is 9.69 Å². The van der Waals surface area contributed by atoms with Crippen LogP contribution in [-0.4, -0.2) is 46.6 Å². The molecule has 1 saturated heterocycles. The molecule has 1 aliphatic rings. The second-order valence-corrected chi connectivity index (χ2v) is 6.82. The van der Waals surface area contributed by atoms with Crippen molar-refractivity contribution in [3.05, 3.63) is 0 Å². The van der Waals surface area contributed by atoms with Gasteiger partial charge in [0.15, 0.2) is 0 Å². The lowest BCUT2D eigenvalue weighted by Crippen LogP contribution is -2.44. The fraction of sp³-hybridized carbons (Fsp3) is 0.917. The maximum absolute atomic E-state index is 10.8. The van der Waals surface area contributed by atoms with E-state index in [1.807, 2.05) is 11.8 Å². The third kappa shape index (κ3) is 5.21. The standard InChI is InChI=1S/C12H23NO2S/c1-12(2,3)4-5-13-6-7-16-9-10(13)8-11(14)15/h10H,4-9H2,1-3H3,(H,14,15). The van der Waals surface area contributed by atoms with Gasteiger partial charge in [-0.25, -0.2) is 0 Å². The lowest BCUT2D eigenvalue weighted by molar-refractivity contribution is -0.138. The first-order valence-corrected chi connectivity index (χ1v) is 7.07. The molecule has 0 spiro atoms. The first-order valence-electron chi connectivity index (χ1n) is 5.92. The van der Waals surface area contributed by atoms with Crippen LogP contribution in [0.15, 0.2) is 0 Å². The van der Waals surface area contributed by atoms with Crippen LogP contribution in [0.2, 0.25) is 0 Å². The fourth-order valence-electron chi connectivity index (χ4n) is 1.85. The molecule has 1 fully saturated rings. The summed E-state index contributed by atoms with van der Waals surface area (Å²) in [5.41, 5.74) is 0.332. The van der Waals surface area contributed by atoms with Crippen molar-refractivity contribution >= 4 is 17.7 Å². The Labute approximate surface area is 103 Å². The van der Waals surface area contributed by atoms with Crippen molar-refractivity contribution in [1.29, 1.82) is 0 Å². The van der Waals surface area contributed by atoms with Crippen LogP contribution in [0.1, 0.15) is 33.6 Å². The first-order chi connectivity index (χ1) is 7.38. The van der Waals surface area contributed by atoms with Gasteiger partial charge in [0, 0.05) is 24.1 Å². The average molecular weight is 245 g/mol. The smallest absolute Gasteiger partial charge is 0.304 e. The van der Waals surface area contributed by atoms with E-state index in [1.54, 1.807) is 0 Å². The van der Waals surface area contributed by atoms with Gasteiger partial charge < -0.3 is 5.11 Å². The number of carboxylic acid groups (broad SMARTS) is 1. The molecule has 0 saturated carbocycles. The van der Waals surface area contributed by atoms with Gasteiger partial charge in [-0.05, 0) is 18.4 Å². The van der Waals surface area contributed by atoms with Gasteiger partial charge in [0.2, 0.25) is 0 Å². The minimum absolute atomic E-state index is 0.235. The van der Waals surface area contributed by atoms with Gasteiger partial charge in [0.25, 0.3) is 0 Å². The number of thioether (sulfide) groups is 1. The van der Waals surface area contributed by atoms with Crippen molar-refractivity contribution in [3.63, 3.8) is 0 Å². The van der Waals surface area contributed by atoms with E-state index in [0.717, 1.165) is 31.0 Å². The minimum atomic E-state index is -0.673. The summed E-state index contributed by atoms with van der Waals surface area (Å²) in [6, 6.07) is 0.235. The molecule has 0 radical (unpaired) electrons. The molecule has 4 heteroatoms. The van der Waals surface area contributed by atoms with E-state index >= 15 is 0 Å². The Morgan fingerprint density at radius 3 is 2.75 bits per heavy atom. The second kappa shape index (κ2) is 5.92. The van der Waals surface area contributed by atoms with Crippen molar-refractivity contribution in [2.45, 2.75) is 39.7 Å². The number of rotatable bonds is 4. The van der Waals surface area contributed by atoms with Gasteiger partial charge in [-0.1, -0.05) is 20.8 Å². The number of aliphatic carboxylic acids is 1. The van der Waals surface area contributed by atoms with Gasteiger partial charge in [-0.2, -0.15) is 11.8 Å². The summed E-state index contributed by atoms with van der Waals surface area (Å²) in [6.45, 7) is 8.77. The predicted octanol–water partition coefficient (Wildman–Crippen LogP) is 2.31. The fourth-order valence-corrected chi connectivity index (χ4v) is 2.98. The molecule has 1 heterocycles. The van der Waals surface area contributed by atoms with Crippen LogP contribution in [0.3, 0.4) is 0 Å². The molecular weight excluding hydrogens is 222 g/mol. The molecule has 0 aromatic rings. The summed E-state index contributed by atoms with van der Waals surface area (Å²) < 4.78 is 0. The highest BCUT2D eigenvalue weighted by Gasteiger charge is 2.25. The maximum atomic E-state index is 10.8. The summed E-state index contributed by atoms with van der Waals surface area (Å²) in [5, 5.41) is 8.88. The molecule has 1 atom stereocenters. The van der Waals surface area contributed by atoms with Crippen LogP contribution in [0, 0.1) is 5.41 Å². The third-order valence-electron chi connectivity index (χ3n) is 2.91. The van der Waals surface area contributed by atoms with E-state index in [4.69, 9.17) is 5.11 Å². The molecule has 0 aromatic heterocycles. The molecule has 0 bridgehead atoms. The van der Waals surface area contributed by atoms with Gasteiger partial charge >= 0.3 is 5.97 Å². The molecule has 1 rings (SSSR count). The number of carbonyl (C=O) groups is 1. The van der Waals surface area contributed by atoms with E-state index in [1.165, 1.54) is 0 Å². The van der Waals surface area contributed by atoms with E-state index in [2.05, 4.69) is 25.7 Å². The van der Waals surface area contributed by atoms with Crippen LogP contribution in [0.25, 0.3) is 0 Å². The molecule has 3 nitrogen and oxygen atoms in total. The van der Waals surface area contributed by atoms with Crippen molar-refractivity contribution in [3.8, 4) is 0 Å². The number of hydrogen-bond acceptors (Lipinski definition) is 3. The Morgan fingerprint density at radius 2 is 2.19 bits per heavy atom. The summed E-state index contributed by atoms with van der Waals surface area (Å²) in [7, 11) is 0. The van der Waals surface area contributed by atoms with Gasteiger partial charge in [0.05, 0.1) is 6.42 Å². The SMILES string of the molecule is CC(C)(C)CCN1CCSCC1CC(=O)O. The highest BCUT2D eigenvalue weighted by Crippen LogP contribution is 2.23. The number of nitrogens with zero attached hydrogens (tertiary/aromatic N) is 1. The molecule has 1 N–H and O–H groups in total. The van der Waals surface area contributed by atoms with Crippen LogP contribution < -0.4 is 0 Å². The zero-order valence-corrected chi connectivity index (χ0v) is 11.3. The lowest BCUT2D eigenvalue weighted by atomic mass is 9.92. The van der Waals surface area contributed by atoms with E-state index < -0.39 is 5.97 Å². The molecular formula is C12H23NO2S. The van der Waals surface area contributed by atoms with Crippen LogP contribution >= 0.6 is 11.8 Å². The normalized spacial score (nSPS) is 23.3. The Hall–Kier alpha value is -0.220. The van der Waals surface area contributed by atoms with Crippen molar-refractivity contribution in [1.82, 2.24) is 4.90 Å². The second-order valence-electron chi connectivity index (χ2n) is 5.67. The molecule has 94 valence electrons. The minimum Gasteiger partial charge on any atom is -0.481 e. The zero-order chi connectivity index (χ0) is 12.2. The average Bonchev–Trinajstić information content (AvgIpc) is 2.14. The Kier molecular flexibility index (Phi) is 5.12. The summed E-state index contributed by atoms with van der Waals surface area (Å²) in [6.07, 6.45) is 1.42.